The van der Waals surface area contributed by atoms with E-state index in [1.54, 1.807) is 0 Å². The van der Waals surface area contributed by atoms with Gasteiger partial charge in [0.15, 0.2) is 0 Å². The Morgan fingerprint density at radius 1 is 1.14 bits per heavy atom. The third-order valence-electron chi connectivity index (χ3n) is 0. The van der Waals surface area contributed by atoms with Crippen molar-refractivity contribution in [2.24, 2.45) is 0 Å². The van der Waals surface area contributed by atoms with E-state index >= 15 is 0 Å². The number of hydrogen-bond acceptors (Lipinski definition) is 2. The molecule has 0 saturated carbocycles. The topological polar surface area (TPSA) is 74.6 Å². The van der Waals surface area contributed by atoms with Gasteiger partial charge in [0.1, 0.15) is 0 Å². The zero-order valence-electron chi connectivity index (χ0n) is 2.70. The van der Waals surface area contributed by atoms with Crippen molar-refractivity contribution >= 4 is 40.0 Å². The van der Waals surface area contributed by atoms with E-state index in [2.05, 4.69) is 0 Å². The van der Waals surface area contributed by atoms with E-state index in [-0.39, 0.29) is 65.2 Å². The molecule has 37 valence electrons. The summed E-state index contributed by atoms with van der Waals surface area (Å²) in [4.78, 5) is 0. The van der Waals surface area contributed by atoms with E-state index in [1.165, 1.54) is 0 Å². The molecular formula is H3LaNaO4S. The van der Waals surface area contributed by atoms with Crippen LogP contribution >= 0.6 is 0 Å². The standard InChI is InChI=1S/La.Na.H2O4S.H/c;;1-5(2,3)4;/h;;(H2,1,2,3,4);. The summed E-state index contributed by atoms with van der Waals surface area (Å²) in [6.07, 6.45) is 0. The van der Waals surface area contributed by atoms with Crippen LogP contribution in [0.3, 0.4) is 0 Å². The van der Waals surface area contributed by atoms with Crippen molar-refractivity contribution in [2.75, 3.05) is 0 Å². The summed E-state index contributed by atoms with van der Waals surface area (Å²) in [5.41, 5.74) is 0. The van der Waals surface area contributed by atoms with Gasteiger partial charge < -0.3 is 0 Å². The molecule has 0 unspecified atom stereocenters. The fourth-order valence-corrected chi connectivity index (χ4v) is 0. The van der Waals surface area contributed by atoms with Gasteiger partial charge in [-0.2, -0.15) is 8.42 Å². The van der Waals surface area contributed by atoms with Gasteiger partial charge in [0, 0.05) is 35.6 Å². The van der Waals surface area contributed by atoms with Gasteiger partial charge in [-0.1, -0.05) is 0 Å². The maximum absolute atomic E-state index is 8.74. The fraction of sp³-hybridized carbons (Fsp3) is 0. The fourth-order valence-electron chi connectivity index (χ4n) is 0. The second-order valence-electron chi connectivity index (χ2n) is 0.448. The zero-order chi connectivity index (χ0) is 4.50. The van der Waals surface area contributed by atoms with Crippen LogP contribution in [-0.4, -0.2) is 47.1 Å². The van der Waals surface area contributed by atoms with Crippen LogP contribution in [0.1, 0.15) is 0 Å². The summed E-state index contributed by atoms with van der Waals surface area (Å²) < 4.78 is 31.6. The Kier molecular flexibility index (Phi) is 14.2. The van der Waals surface area contributed by atoms with Crippen molar-refractivity contribution in [3.63, 3.8) is 0 Å². The third-order valence-corrected chi connectivity index (χ3v) is 0. The van der Waals surface area contributed by atoms with Crippen molar-refractivity contribution in [3.8, 4) is 0 Å². The van der Waals surface area contributed by atoms with Crippen molar-refractivity contribution < 1.29 is 53.1 Å². The van der Waals surface area contributed by atoms with Crippen molar-refractivity contribution in [1.82, 2.24) is 0 Å². The zero-order valence-corrected chi connectivity index (χ0v) is 7.14. The minimum atomic E-state index is -4.67. The van der Waals surface area contributed by atoms with Crippen molar-refractivity contribution in [2.45, 2.75) is 0 Å². The summed E-state index contributed by atoms with van der Waals surface area (Å²) in [5, 5.41) is 0. The van der Waals surface area contributed by atoms with E-state index in [4.69, 9.17) is 17.5 Å². The van der Waals surface area contributed by atoms with Gasteiger partial charge >= 0.3 is 40.0 Å². The molecule has 0 aromatic rings. The summed E-state index contributed by atoms with van der Waals surface area (Å²) in [6.45, 7) is 0. The third kappa shape index (κ3) is 69.6. The summed E-state index contributed by atoms with van der Waals surface area (Å²) >= 11 is 0. The van der Waals surface area contributed by atoms with Gasteiger partial charge in [0.05, 0.1) is 0 Å². The van der Waals surface area contributed by atoms with Crippen LogP contribution in [-0.2, 0) is 10.4 Å². The van der Waals surface area contributed by atoms with E-state index < -0.39 is 10.4 Å². The summed E-state index contributed by atoms with van der Waals surface area (Å²) in [5.74, 6) is 0. The van der Waals surface area contributed by atoms with Gasteiger partial charge in [0.25, 0.3) is 0 Å². The molecule has 0 rings (SSSR count). The molecule has 0 aromatic carbocycles. The van der Waals surface area contributed by atoms with Crippen molar-refractivity contribution in [1.29, 1.82) is 0 Å². The molecule has 0 fully saturated rings. The van der Waals surface area contributed by atoms with Gasteiger partial charge in [0.2, 0.25) is 0 Å². The Bertz CT molecular complexity index is 94.9. The molecule has 0 aliphatic carbocycles. The second-order valence-corrected chi connectivity index (χ2v) is 1.34. The predicted molar refractivity (Wildman–Crippen MR) is 21.3 cm³/mol. The van der Waals surface area contributed by atoms with Crippen LogP contribution < -0.4 is 0 Å². The van der Waals surface area contributed by atoms with Crippen molar-refractivity contribution in [3.05, 3.63) is 0 Å². The monoisotopic (exact) mass is 261 g/mol. The van der Waals surface area contributed by atoms with Crippen LogP contribution in [0.25, 0.3) is 0 Å². The average molecular weight is 261 g/mol. The SMILES string of the molecule is O=S(=O)(O)O.[La].[NaH]. The molecule has 0 amide bonds. The van der Waals surface area contributed by atoms with Crippen LogP contribution in [0.15, 0.2) is 0 Å². The van der Waals surface area contributed by atoms with Crippen LogP contribution in [0.2, 0.25) is 0 Å². The Labute approximate surface area is 91.5 Å². The summed E-state index contributed by atoms with van der Waals surface area (Å²) in [6, 6.07) is 0. The molecule has 0 saturated heterocycles. The number of hydrogen-bond donors (Lipinski definition) is 2. The van der Waals surface area contributed by atoms with E-state index in [1.807, 2.05) is 0 Å². The molecule has 2 N–H and O–H groups in total. The van der Waals surface area contributed by atoms with Gasteiger partial charge in [-0.15, -0.1) is 0 Å². The van der Waals surface area contributed by atoms with Gasteiger partial charge in [-0.05, 0) is 0 Å². The first-order valence-corrected chi connectivity index (χ1v) is 2.10. The normalized spacial score (nSPS) is 8.29. The number of rotatable bonds is 0. The average Bonchev–Trinajstić information content (AvgIpc) is 0.722. The molecule has 7 heavy (non-hydrogen) atoms. The van der Waals surface area contributed by atoms with E-state index in [9.17, 15) is 0 Å². The molecule has 0 heterocycles. The minimum absolute atomic E-state index is 0. The van der Waals surface area contributed by atoms with E-state index in [0.717, 1.165) is 0 Å². The molecule has 4 nitrogen and oxygen atoms in total. The molecule has 0 aliphatic heterocycles. The Morgan fingerprint density at radius 3 is 1.14 bits per heavy atom. The molecular weight excluding hydrogens is 258 g/mol. The molecule has 0 aliphatic rings. The van der Waals surface area contributed by atoms with E-state index in [0.29, 0.717) is 0 Å². The first-order valence-electron chi connectivity index (χ1n) is 0.698. The quantitative estimate of drug-likeness (QED) is 0.420. The Morgan fingerprint density at radius 2 is 1.14 bits per heavy atom. The van der Waals surface area contributed by atoms with Gasteiger partial charge in [-0.25, -0.2) is 0 Å². The maximum atomic E-state index is 8.74. The predicted octanol–water partition coefficient (Wildman–Crippen LogP) is -1.30. The molecule has 0 bridgehead atoms. The second kappa shape index (κ2) is 6.19. The summed E-state index contributed by atoms with van der Waals surface area (Å²) in [7, 11) is -4.67. The molecule has 1 radical (unpaired) electrons. The van der Waals surface area contributed by atoms with Crippen LogP contribution in [0.5, 0.6) is 0 Å². The Balaban J connectivity index is -0.0000000800. The first-order chi connectivity index (χ1) is 2.00. The molecule has 0 atom stereocenters. The van der Waals surface area contributed by atoms with Crippen LogP contribution in [0, 0.1) is 35.6 Å². The Hall–Kier alpha value is 2.06. The van der Waals surface area contributed by atoms with Crippen LogP contribution in [0.4, 0.5) is 0 Å². The van der Waals surface area contributed by atoms with Gasteiger partial charge in [-0.3, -0.25) is 9.11 Å². The first kappa shape index (κ1) is 16.0. The molecule has 7 heteroatoms. The molecule has 0 aromatic heterocycles. The molecule has 0 spiro atoms.